The number of rotatable bonds is 4. The van der Waals surface area contributed by atoms with Gasteiger partial charge in [0.15, 0.2) is 0 Å². The summed E-state index contributed by atoms with van der Waals surface area (Å²) < 4.78 is 0. The predicted octanol–water partition coefficient (Wildman–Crippen LogP) is 2.76. The summed E-state index contributed by atoms with van der Waals surface area (Å²) in [5.41, 5.74) is 1.95. The topological polar surface area (TPSA) is 92.6 Å². The van der Waals surface area contributed by atoms with E-state index < -0.39 is 0 Å². The molecule has 26 heavy (non-hydrogen) atoms. The smallest absolute Gasteiger partial charge is 0.150 e. The molecule has 4 heterocycles. The van der Waals surface area contributed by atoms with E-state index in [-0.39, 0.29) is 6.04 Å². The van der Waals surface area contributed by atoms with Crippen LogP contribution in [0, 0.1) is 13.8 Å². The van der Waals surface area contributed by atoms with Gasteiger partial charge in [0.25, 0.3) is 0 Å². The van der Waals surface area contributed by atoms with Gasteiger partial charge in [0.05, 0.1) is 17.9 Å². The molecule has 3 aromatic heterocycles. The summed E-state index contributed by atoms with van der Waals surface area (Å²) in [6.45, 7) is 4.84. The molecule has 0 saturated carbocycles. The molecule has 3 aromatic rings. The first kappa shape index (κ1) is 16.3. The van der Waals surface area contributed by atoms with Gasteiger partial charge in [0.2, 0.25) is 0 Å². The Bertz CT molecular complexity index is 899. The van der Waals surface area contributed by atoms with Crippen molar-refractivity contribution >= 4 is 17.5 Å². The summed E-state index contributed by atoms with van der Waals surface area (Å²) in [5, 5.41) is 3.20. The van der Waals surface area contributed by atoms with Crippen LogP contribution in [0.5, 0.6) is 0 Å². The molecular weight excluding hydrogens is 328 g/mol. The van der Waals surface area contributed by atoms with Gasteiger partial charge in [-0.15, -0.1) is 0 Å². The van der Waals surface area contributed by atoms with Crippen LogP contribution in [0.2, 0.25) is 0 Å². The minimum atomic E-state index is 0.174. The van der Waals surface area contributed by atoms with Crippen LogP contribution < -0.4 is 10.2 Å². The molecule has 1 aliphatic rings. The number of aromatic nitrogens is 6. The minimum Gasteiger partial charge on any atom is -0.348 e. The molecule has 0 unspecified atom stereocenters. The molecule has 0 spiro atoms. The second-order valence-corrected chi connectivity index (χ2v) is 6.31. The Kier molecular flexibility index (Phi) is 4.39. The highest BCUT2D eigenvalue weighted by molar-refractivity contribution is 5.52. The third-order valence-electron chi connectivity index (χ3n) is 4.35. The van der Waals surface area contributed by atoms with Gasteiger partial charge in [-0.2, -0.15) is 0 Å². The van der Waals surface area contributed by atoms with E-state index in [1.54, 1.807) is 24.9 Å². The van der Waals surface area contributed by atoms with Gasteiger partial charge in [0.1, 0.15) is 29.6 Å². The van der Waals surface area contributed by atoms with Gasteiger partial charge in [0, 0.05) is 36.8 Å². The van der Waals surface area contributed by atoms with Crippen molar-refractivity contribution in [2.24, 2.45) is 0 Å². The first-order valence-corrected chi connectivity index (χ1v) is 8.63. The Balaban J connectivity index is 1.64. The molecule has 8 heteroatoms. The molecule has 0 aromatic carbocycles. The number of aryl methyl sites for hydroxylation is 2. The standard InChI is InChI=1S/C18H20N8/c1-12-8-18(22-11-21-12)26-7-3-4-15(26)14-9-16(24-13(2)23-14)25-17-10-19-5-6-20-17/h5-6,8-11,15H,3-4,7H2,1-2H3,(H,20,23,24,25)/t15-/m0/s1. The predicted molar refractivity (Wildman–Crippen MR) is 98.2 cm³/mol. The molecule has 1 saturated heterocycles. The number of nitrogens with one attached hydrogen (secondary N) is 1. The van der Waals surface area contributed by atoms with Crippen molar-refractivity contribution < 1.29 is 0 Å². The molecule has 132 valence electrons. The highest BCUT2D eigenvalue weighted by Gasteiger charge is 2.29. The fourth-order valence-electron chi connectivity index (χ4n) is 3.27. The van der Waals surface area contributed by atoms with Crippen LogP contribution in [-0.2, 0) is 0 Å². The number of anilines is 3. The van der Waals surface area contributed by atoms with Crippen molar-refractivity contribution in [2.45, 2.75) is 32.7 Å². The van der Waals surface area contributed by atoms with Crippen molar-refractivity contribution in [3.8, 4) is 0 Å². The van der Waals surface area contributed by atoms with E-state index in [1.807, 2.05) is 26.0 Å². The van der Waals surface area contributed by atoms with Crippen molar-refractivity contribution in [1.29, 1.82) is 0 Å². The summed E-state index contributed by atoms with van der Waals surface area (Å²) in [4.78, 5) is 28.4. The lowest BCUT2D eigenvalue weighted by molar-refractivity contribution is 0.679. The van der Waals surface area contributed by atoms with E-state index in [0.717, 1.165) is 48.2 Å². The van der Waals surface area contributed by atoms with E-state index in [9.17, 15) is 0 Å². The van der Waals surface area contributed by atoms with Gasteiger partial charge in [-0.05, 0) is 26.7 Å². The molecule has 1 fully saturated rings. The molecule has 0 bridgehead atoms. The van der Waals surface area contributed by atoms with E-state index in [0.29, 0.717) is 5.82 Å². The van der Waals surface area contributed by atoms with Gasteiger partial charge < -0.3 is 10.2 Å². The van der Waals surface area contributed by atoms with Crippen LogP contribution in [0.4, 0.5) is 17.5 Å². The van der Waals surface area contributed by atoms with Crippen molar-refractivity contribution in [3.63, 3.8) is 0 Å². The lowest BCUT2D eigenvalue weighted by Crippen LogP contribution is -2.25. The zero-order valence-corrected chi connectivity index (χ0v) is 14.8. The number of nitrogens with zero attached hydrogens (tertiary/aromatic N) is 7. The maximum Gasteiger partial charge on any atom is 0.150 e. The Hall–Kier alpha value is -3.16. The maximum atomic E-state index is 4.68. The summed E-state index contributed by atoms with van der Waals surface area (Å²) >= 11 is 0. The molecule has 1 atom stereocenters. The first-order chi connectivity index (χ1) is 12.7. The second-order valence-electron chi connectivity index (χ2n) is 6.31. The zero-order chi connectivity index (χ0) is 17.9. The van der Waals surface area contributed by atoms with Gasteiger partial charge in [-0.25, -0.2) is 24.9 Å². The van der Waals surface area contributed by atoms with Gasteiger partial charge >= 0.3 is 0 Å². The van der Waals surface area contributed by atoms with Crippen LogP contribution in [0.15, 0.2) is 37.1 Å². The largest absolute Gasteiger partial charge is 0.348 e. The molecular formula is C18H20N8. The SMILES string of the molecule is Cc1cc(N2CCC[C@H]2c2cc(Nc3cnccn3)nc(C)n2)ncn1. The van der Waals surface area contributed by atoms with Crippen molar-refractivity contribution in [3.05, 3.63) is 54.3 Å². The van der Waals surface area contributed by atoms with Crippen LogP contribution in [0.25, 0.3) is 0 Å². The fraction of sp³-hybridized carbons (Fsp3) is 0.333. The number of hydrogen-bond acceptors (Lipinski definition) is 8. The Labute approximate surface area is 151 Å². The van der Waals surface area contributed by atoms with Crippen molar-refractivity contribution in [1.82, 2.24) is 29.9 Å². The first-order valence-electron chi connectivity index (χ1n) is 8.63. The quantitative estimate of drug-likeness (QED) is 0.769. The summed E-state index contributed by atoms with van der Waals surface area (Å²) in [6.07, 6.45) is 8.71. The summed E-state index contributed by atoms with van der Waals surface area (Å²) in [5.74, 6) is 3.05. The second kappa shape index (κ2) is 6.99. The maximum absolute atomic E-state index is 4.68. The zero-order valence-electron chi connectivity index (χ0n) is 14.8. The molecule has 0 radical (unpaired) electrons. The summed E-state index contributed by atoms with van der Waals surface area (Å²) in [6, 6.07) is 4.18. The van der Waals surface area contributed by atoms with Gasteiger partial charge in [-0.1, -0.05) is 0 Å². The van der Waals surface area contributed by atoms with Crippen LogP contribution in [0.3, 0.4) is 0 Å². The van der Waals surface area contributed by atoms with Crippen LogP contribution >= 0.6 is 0 Å². The lowest BCUT2D eigenvalue weighted by atomic mass is 10.1. The molecule has 0 amide bonds. The van der Waals surface area contributed by atoms with E-state index in [4.69, 9.17) is 0 Å². The Morgan fingerprint density at radius 1 is 1.04 bits per heavy atom. The highest BCUT2D eigenvalue weighted by atomic mass is 15.2. The normalized spacial score (nSPS) is 16.7. The van der Waals surface area contributed by atoms with Crippen LogP contribution in [-0.4, -0.2) is 36.4 Å². The van der Waals surface area contributed by atoms with Gasteiger partial charge in [-0.3, -0.25) is 4.98 Å². The Morgan fingerprint density at radius 3 is 2.77 bits per heavy atom. The average molecular weight is 348 g/mol. The number of hydrogen-bond donors (Lipinski definition) is 1. The highest BCUT2D eigenvalue weighted by Crippen LogP contribution is 2.35. The van der Waals surface area contributed by atoms with Crippen LogP contribution in [0.1, 0.15) is 36.1 Å². The third-order valence-corrected chi connectivity index (χ3v) is 4.35. The molecule has 1 aliphatic heterocycles. The fourth-order valence-corrected chi connectivity index (χ4v) is 3.27. The molecule has 0 aliphatic carbocycles. The Morgan fingerprint density at radius 2 is 1.96 bits per heavy atom. The average Bonchev–Trinajstić information content (AvgIpc) is 3.12. The monoisotopic (exact) mass is 348 g/mol. The van der Waals surface area contributed by atoms with Crippen molar-refractivity contribution in [2.75, 3.05) is 16.8 Å². The summed E-state index contributed by atoms with van der Waals surface area (Å²) in [7, 11) is 0. The van der Waals surface area contributed by atoms with E-state index in [1.165, 1.54) is 0 Å². The minimum absolute atomic E-state index is 0.174. The molecule has 1 N–H and O–H groups in total. The van der Waals surface area contributed by atoms with E-state index >= 15 is 0 Å². The molecule has 4 rings (SSSR count). The third kappa shape index (κ3) is 3.44. The van der Waals surface area contributed by atoms with E-state index in [2.05, 4.69) is 40.1 Å². The lowest BCUT2D eigenvalue weighted by Gasteiger charge is -2.25. The molecule has 8 nitrogen and oxygen atoms in total.